The molecule has 3 aliphatic carbocycles. The highest BCUT2D eigenvalue weighted by Crippen LogP contribution is 2.37. The SMILES string of the molecule is C[C@@H]1CN(c2cc(C#N)nc(-c3cnn(C)c3)n2)CCN1C(=O)C1CC1.C[C@@H]1CN(c2cc(C#N)nc(Cl)n2)CCN1C(=O)C1CC1.C[C@@H]1CNCCN1C(=O)C1CC1.Cn1cc(B2OC(C)(C)C(C)(C)O2)cn1.N#Cc1cc(Cl)nc(Cl)n1. The molecule has 444 valence electrons. The van der Waals surface area contributed by atoms with Crippen LogP contribution in [0.15, 0.2) is 43.0 Å². The number of carbonyl (C=O) groups excluding carboxylic acids is 3. The van der Waals surface area contributed by atoms with E-state index in [4.69, 9.17) is 54.6 Å². The van der Waals surface area contributed by atoms with Gasteiger partial charge in [0.1, 0.15) is 52.1 Å². The number of nitrogens with one attached hydrogen (secondary N) is 1. The van der Waals surface area contributed by atoms with Crippen LogP contribution in [0, 0.1) is 51.7 Å². The van der Waals surface area contributed by atoms with Crippen LogP contribution >= 0.6 is 34.8 Å². The van der Waals surface area contributed by atoms with Crippen molar-refractivity contribution in [2.75, 3.05) is 68.7 Å². The van der Waals surface area contributed by atoms with E-state index in [1.54, 1.807) is 40.0 Å². The zero-order chi connectivity index (χ0) is 60.6. The van der Waals surface area contributed by atoms with E-state index in [1.165, 1.54) is 6.07 Å². The van der Waals surface area contributed by atoms with E-state index < -0.39 is 0 Å². The van der Waals surface area contributed by atoms with Gasteiger partial charge in [0.05, 0.1) is 23.0 Å². The summed E-state index contributed by atoms with van der Waals surface area (Å²) in [5.74, 6) is 3.70. The molecule has 5 aromatic heterocycles. The molecule has 12 rings (SSSR count). The molecule has 0 unspecified atom stereocenters. The van der Waals surface area contributed by atoms with Crippen LogP contribution < -0.4 is 20.6 Å². The van der Waals surface area contributed by atoms with Gasteiger partial charge in [-0.2, -0.15) is 26.0 Å². The molecule has 0 aromatic carbocycles. The molecule has 0 bridgehead atoms. The summed E-state index contributed by atoms with van der Waals surface area (Å²) in [4.78, 5) is 70.5. The summed E-state index contributed by atoms with van der Waals surface area (Å²) < 4.78 is 15.2. The summed E-state index contributed by atoms with van der Waals surface area (Å²) in [6.45, 7) is 21.4. The number of anilines is 2. The molecule has 3 atom stereocenters. The molecule has 0 radical (unpaired) electrons. The van der Waals surface area contributed by atoms with Crippen molar-refractivity contribution in [2.45, 2.75) is 116 Å². The van der Waals surface area contributed by atoms with Gasteiger partial charge in [-0.3, -0.25) is 23.7 Å². The Hall–Kier alpha value is -7.05. The van der Waals surface area contributed by atoms with Crippen molar-refractivity contribution < 1.29 is 23.7 Å². The van der Waals surface area contributed by atoms with Gasteiger partial charge in [0.15, 0.2) is 5.82 Å². The van der Waals surface area contributed by atoms with Crippen LogP contribution in [-0.2, 0) is 37.8 Å². The summed E-state index contributed by atoms with van der Waals surface area (Å²) in [5.41, 5.74) is 1.94. The second-order valence-corrected chi connectivity index (χ2v) is 24.1. The summed E-state index contributed by atoms with van der Waals surface area (Å²) >= 11 is 16.7. The minimum Gasteiger partial charge on any atom is -0.399 e. The van der Waals surface area contributed by atoms with Crippen molar-refractivity contribution >= 4 is 76.7 Å². The number of carbonyl (C=O) groups is 3. The summed E-state index contributed by atoms with van der Waals surface area (Å²) in [5, 5.41) is 38.4. The third kappa shape index (κ3) is 16.4. The predicted molar refractivity (Wildman–Crippen MR) is 315 cm³/mol. The molecule has 4 saturated heterocycles. The largest absolute Gasteiger partial charge is 0.498 e. The smallest absolute Gasteiger partial charge is 0.399 e. The lowest BCUT2D eigenvalue weighted by molar-refractivity contribution is -0.136. The molecule has 3 amide bonds. The molecular weight excluding hydrogens is 1140 g/mol. The number of rotatable bonds is 7. The highest BCUT2D eigenvalue weighted by atomic mass is 35.5. The summed E-state index contributed by atoms with van der Waals surface area (Å²) in [6.07, 6.45) is 13.6. The Bertz CT molecular complexity index is 3260. The maximum atomic E-state index is 12.4. The molecular formula is C56H71BCl3N19O5. The van der Waals surface area contributed by atoms with E-state index in [0.717, 1.165) is 75.0 Å². The average Bonchev–Trinajstić information content (AvgIpc) is 3.48. The lowest BCUT2D eigenvalue weighted by atomic mass is 9.82. The number of aromatic nitrogens is 10. The molecule has 84 heavy (non-hydrogen) atoms. The van der Waals surface area contributed by atoms with Gasteiger partial charge >= 0.3 is 7.12 Å². The molecule has 0 spiro atoms. The number of nitrogens with zero attached hydrogens (tertiary/aromatic N) is 18. The zero-order valence-corrected chi connectivity index (χ0v) is 51.2. The molecule has 7 fully saturated rings. The first kappa shape index (κ1) is 63.0. The van der Waals surface area contributed by atoms with E-state index in [-0.39, 0.29) is 81.2 Å². The van der Waals surface area contributed by atoms with Gasteiger partial charge in [-0.1, -0.05) is 11.6 Å². The van der Waals surface area contributed by atoms with Gasteiger partial charge in [-0.25, -0.2) is 29.9 Å². The molecule has 24 nitrogen and oxygen atoms in total. The van der Waals surface area contributed by atoms with Crippen LogP contribution in [0.2, 0.25) is 15.7 Å². The van der Waals surface area contributed by atoms with Crippen LogP contribution in [0.1, 0.15) is 104 Å². The molecule has 5 aromatic rings. The quantitative estimate of drug-likeness (QED) is 0.124. The fourth-order valence-electron chi connectivity index (χ4n) is 9.78. The van der Waals surface area contributed by atoms with E-state index in [1.807, 2.05) is 81.9 Å². The third-order valence-corrected chi connectivity index (χ3v) is 16.2. The van der Waals surface area contributed by atoms with Crippen LogP contribution in [-0.4, -0.2) is 177 Å². The van der Waals surface area contributed by atoms with Gasteiger partial charge in [0.2, 0.25) is 28.3 Å². The van der Waals surface area contributed by atoms with E-state index in [2.05, 4.69) is 75.1 Å². The topological polar surface area (TPSA) is 282 Å². The van der Waals surface area contributed by atoms with Gasteiger partial charge in [-0.15, -0.1) is 0 Å². The number of halogens is 3. The number of hydrogen-bond donors (Lipinski definition) is 1. The lowest BCUT2D eigenvalue weighted by Crippen LogP contribution is -2.54. The van der Waals surface area contributed by atoms with Gasteiger partial charge in [-0.05, 0) is 110 Å². The molecule has 28 heteroatoms. The Morgan fingerprint density at radius 3 is 1.48 bits per heavy atom. The van der Waals surface area contributed by atoms with Crippen molar-refractivity contribution in [2.24, 2.45) is 31.8 Å². The minimum absolute atomic E-state index is 0.0101. The molecule has 3 saturated carbocycles. The Labute approximate surface area is 505 Å². The molecule has 7 aliphatic rings. The maximum absolute atomic E-state index is 12.4. The Morgan fingerprint density at radius 2 is 1.05 bits per heavy atom. The van der Waals surface area contributed by atoms with Gasteiger partial charge in [0, 0.05) is 151 Å². The van der Waals surface area contributed by atoms with Crippen LogP contribution in [0.4, 0.5) is 11.6 Å². The second kappa shape index (κ2) is 27.3. The molecule has 1 N–H and O–H groups in total. The summed E-state index contributed by atoms with van der Waals surface area (Å²) in [7, 11) is 3.41. The molecule has 4 aliphatic heterocycles. The van der Waals surface area contributed by atoms with Crippen LogP contribution in [0.5, 0.6) is 0 Å². The van der Waals surface area contributed by atoms with Crippen LogP contribution in [0.3, 0.4) is 0 Å². The maximum Gasteiger partial charge on any atom is 0.498 e. The van der Waals surface area contributed by atoms with Gasteiger partial charge in [0.25, 0.3) is 0 Å². The van der Waals surface area contributed by atoms with Crippen molar-refractivity contribution in [3.8, 4) is 29.6 Å². The van der Waals surface area contributed by atoms with Crippen molar-refractivity contribution in [1.82, 2.24) is 69.5 Å². The standard InChI is InChI=1S/C18H21N7O.C14H16ClN5O.C10H17BN2O2.C9H16N2O.C5HCl2N3/c1-12-10-24(5-6-25(12)18(26)13-3-4-13)16-7-15(8-19)21-17(22-16)14-9-20-23(2)11-14;1-9-8-19(4-5-20(9)13(21)10-2-3-10)12-6-11(7-16)17-14(15)18-12;1-9(2)10(3,4)15-11(14-9)8-6-12-13(5)7-8;1-7-6-10-4-5-11(7)9(12)8-2-3-8;6-4-1-3(2-8)9-5(7)10-4/h7,9,11-13H,3-6,10H2,1-2H3;6,9-10H,2-5,8H2,1H3;6-7H,1-5H3;7-8,10H,2-6H2,1H3;1H/t12-;9-;;7-;/m11.1./s1. The van der Waals surface area contributed by atoms with E-state index >= 15 is 0 Å². The minimum atomic E-state index is -0.302. The fourth-order valence-corrected chi connectivity index (χ4v) is 10.4. The first-order chi connectivity index (χ1) is 40.0. The fraction of sp³-hybridized carbons (Fsp3) is 0.571. The Morgan fingerprint density at radius 1 is 0.595 bits per heavy atom. The number of hydrogen-bond acceptors (Lipinski definition) is 19. The number of amides is 3. The van der Waals surface area contributed by atoms with Gasteiger partial charge < -0.3 is 39.1 Å². The monoisotopic (exact) mass is 1210 g/mol. The number of piperazine rings is 3. The first-order valence-corrected chi connectivity index (χ1v) is 29.4. The zero-order valence-electron chi connectivity index (χ0n) is 48.9. The van der Waals surface area contributed by atoms with E-state index in [9.17, 15) is 19.6 Å². The Kier molecular flexibility index (Phi) is 20.5. The number of nitriles is 3. The highest BCUT2D eigenvalue weighted by molar-refractivity contribution is 6.62. The van der Waals surface area contributed by atoms with Crippen molar-refractivity contribution in [1.29, 1.82) is 15.8 Å². The normalized spacial score (nSPS) is 21.3. The highest BCUT2D eigenvalue weighted by Gasteiger charge is 2.52. The van der Waals surface area contributed by atoms with E-state index in [0.29, 0.717) is 74.5 Å². The molecule has 9 heterocycles. The second-order valence-electron chi connectivity index (χ2n) is 23.0. The van der Waals surface area contributed by atoms with Crippen LogP contribution in [0.25, 0.3) is 11.4 Å². The van der Waals surface area contributed by atoms with Crippen molar-refractivity contribution in [3.63, 3.8) is 0 Å². The first-order valence-electron chi connectivity index (χ1n) is 28.3. The number of aryl methyl sites for hydroxylation is 2. The summed E-state index contributed by atoms with van der Waals surface area (Å²) in [6, 6.07) is 11.2. The average molecular weight is 1210 g/mol. The third-order valence-electron chi connectivity index (χ3n) is 15.7. The Balaban J connectivity index is 0.000000143. The predicted octanol–water partition coefficient (Wildman–Crippen LogP) is 5.24. The lowest BCUT2D eigenvalue weighted by Gasteiger charge is -2.40. The van der Waals surface area contributed by atoms with Crippen molar-refractivity contribution in [3.05, 3.63) is 75.8 Å².